The number of para-hydroxylation sites is 3. The van der Waals surface area contributed by atoms with Crippen LogP contribution in [0.5, 0.6) is 34.5 Å². The largest absolute Gasteiger partial charge is 0.478 e. The number of carbonyl (C=O) groups excluding carboxylic acids is 9. The molecular formula is C47H47N3O17. The Morgan fingerprint density at radius 3 is 1.27 bits per heavy atom. The highest BCUT2D eigenvalue weighted by atomic mass is 16.6. The lowest BCUT2D eigenvalue weighted by molar-refractivity contribution is -0.134. The van der Waals surface area contributed by atoms with Crippen molar-refractivity contribution >= 4 is 59.5 Å². The van der Waals surface area contributed by atoms with E-state index >= 15 is 0 Å². The Kier molecular flexibility index (Phi) is 18.4. The molecule has 0 saturated carbocycles. The summed E-state index contributed by atoms with van der Waals surface area (Å²) in [5, 5.41) is 12.7. The molecule has 0 aliphatic rings. The number of rotatable bonds is 20. The fourth-order valence-corrected chi connectivity index (χ4v) is 6.52. The van der Waals surface area contributed by atoms with Gasteiger partial charge in [0.25, 0.3) is 17.7 Å². The summed E-state index contributed by atoms with van der Waals surface area (Å²) in [6.07, 6.45) is 0.0622. The first-order valence-corrected chi connectivity index (χ1v) is 20.4. The summed E-state index contributed by atoms with van der Waals surface area (Å²) in [6, 6.07) is 18.1. The van der Waals surface area contributed by atoms with E-state index in [1.807, 2.05) is 0 Å². The van der Waals surface area contributed by atoms with Crippen LogP contribution in [-0.4, -0.2) is 101 Å². The molecule has 20 heteroatoms. The van der Waals surface area contributed by atoms with E-state index in [-0.39, 0.29) is 108 Å². The predicted octanol–water partition coefficient (Wildman–Crippen LogP) is 4.93. The maximum absolute atomic E-state index is 14.5. The van der Waals surface area contributed by atoms with Crippen molar-refractivity contribution in [1.29, 1.82) is 0 Å². The Hall–Kier alpha value is -8.42. The van der Waals surface area contributed by atoms with Crippen LogP contribution in [0.4, 0.5) is 0 Å². The zero-order chi connectivity index (χ0) is 49.4. The number of carboxylic acids is 1. The van der Waals surface area contributed by atoms with E-state index in [9.17, 15) is 53.1 Å². The summed E-state index contributed by atoms with van der Waals surface area (Å²) < 4.78 is 31.5. The number of amides is 3. The summed E-state index contributed by atoms with van der Waals surface area (Å²) >= 11 is 0. The lowest BCUT2D eigenvalue weighted by Crippen LogP contribution is -2.38. The van der Waals surface area contributed by atoms with Crippen molar-refractivity contribution in [2.75, 3.05) is 26.2 Å². The highest BCUT2D eigenvalue weighted by Crippen LogP contribution is 2.35. The number of hydrogen-bond donors (Lipinski definition) is 2. The molecule has 67 heavy (non-hydrogen) atoms. The molecule has 0 atom stereocenters. The van der Waals surface area contributed by atoms with E-state index in [4.69, 9.17) is 28.4 Å². The van der Waals surface area contributed by atoms with E-state index in [1.54, 1.807) is 6.07 Å². The molecule has 0 radical (unpaired) electrons. The molecule has 0 heterocycles. The van der Waals surface area contributed by atoms with Crippen LogP contribution in [0.1, 0.15) is 101 Å². The molecule has 0 aliphatic heterocycles. The minimum atomic E-state index is -1.27. The smallest absolute Gasteiger partial charge is 0.336 e. The van der Waals surface area contributed by atoms with Crippen LogP contribution < -0.4 is 33.7 Å². The predicted molar refractivity (Wildman–Crippen MR) is 233 cm³/mol. The molecule has 2 N–H and O–H groups in total. The van der Waals surface area contributed by atoms with Gasteiger partial charge in [-0.2, -0.15) is 0 Å². The minimum absolute atomic E-state index is 0.00711. The molecule has 3 amide bonds. The first-order chi connectivity index (χ1) is 31.8. The summed E-state index contributed by atoms with van der Waals surface area (Å²) in [7, 11) is 0. The monoisotopic (exact) mass is 925 g/mol. The number of nitrogens with zero attached hydrogens (tertiary/aromatic N) is 2. The number of carboxylic acid groups (broad SMARTS) is 1. The highest BCUT2D eigenvalue weighted by molar-refractivity contribution is 6.01. The standard InChI is InChI=1S/C47H47N3O17/c1-27(51)62-38-19-9-16-35(41(38)65-30(4)54)44(57)48-22-12-23-49(45(58)36-17-10-20-39(63-28(2)52)42(36)66-31(5)55)24-13-25-50(26-33-14-7-8-15-34(33)47(60)61)46(59)37-18-11-21-40(64-29(3)53)43(37)67-32(6)56/h7-11,14-21H,12-13,22-26H2,1-6H3,(H,48,57)(H,60,61). The summed E-state index contributed by atoms with van der Waals surface area (Å²) in [5.41, 5.74) is -0.436. The normalized spacial score (nSPS) is 10.4. The number of nitrogens with one attached hydrogen (secondary N) is 1. The van der Waals surface area contributed by atoms with Gasteiger partial charge in [0, 0.05) is 74.3 Å². The van der Waals surface area contributed by atoms with Gasteiger partial charge in [-0.3, -0.25) is 43.2 Å². The van der Waals surface area contributed by atoms with Gasteiger partial charge < -0.3 is 48.6 Å². The average molecular weight is 926 g/mol. The zero-order valence-electron chi connectivity index (χ0n) is 37.3. The van der Waals surface area contributed by atoms with Crippen molar-refractivity contribution in [3.05, 3.63) is 107 Å². The Morgan fingerprint density at radius 2 is 0.821 bits per heavy atom. The minimum Gasteiger partial charge on any atom is -0.478 e. The van der Waals surface area contributed by atoms with E-state index in [0.29, 0.717) is 0 Å². The van der Waals surface area contributed by atoms with Crippen LogP contribution in [0, 0.1) is 0 Å². The number of aromatic carboxylic acids is 1. The number of ether oxygens (including phenoxy) is 6. The third kappa shape index (κ3) is 14.8. The van der Waals surface area contributed by atoms with Crippen LogP contribution in [-0.2, 0) is 35.3 Å². The van der Waals surface area contributed by atoms with Crippen molar-refractivity contribution in [1.82, 2.24) is 15.1 Å². The topological polar surface area (TPSA) is 265 Å². The van der Waals surface area contributed by atoms with Crippen LogP contribution in [0.2, 0.25) is 0 Å². The van der Waals surface area contributed by atoms with Gasteiger partial charge >= 0.3 is 41.8 Å². The number of esters is 6. The van der Waals surface area contributed by atoms with Crippen molar-refractivity contribution in [3.63, 3.8) is 0 Å². The molecule has 0 spiro atoms. The second-order valence-electron chi connectivity index (χ2n) is 14.4. The van der Waals surface area contributed by atoms with Crippen molar-refractivity contribution in [2.24, 2.45) is 0 Å². The fourth-order valence-electron chi connectivity index (χ4n) is 6.52. The van der Waals surface area contributed by atoms with Crippen molar-refractivity contribution in [3.8, 4) is 34.5 Å². The lowest BCUT2D eigenvalue weighted by atomic mass is 10.1. The molecule has 0 fully saturated rings. The van der Waals surface area contributed by atoms with E-state index in [2.05, 4.69) is 5.32 Å². The Morgan fingerprint density at radius 1 is 0.448 bits per heavy atom. The third-order valence-corrected chi connectivity index (χ3v) is 9.07. The second-order valence-corrected chi connectivity index (χ2v) is 14.4. The molecule has 0 aliphatic carbocycles. The second kappa shape index (κ2) is 24.0. The molecule has 352 valence electrons. The summed E-state index contributed by atoms with van der Waals surface area (Å²) in [6.45, 7) is 5.80. The molecule has 4 rings (SSSR count). The first-order valence-electron chi connectivity index (χ1n) is 20.4. The number of carbonyl (C=O) groups is 10. The van der Waals surface area contributed by atoms with Crippen molar-refractivity contribution < 1.29 is 81.5 Å². The van der Waals surface area contributed by atoms with Gasteiger partial charge in [-0.05, 0) is 60.9 Å². The van der Waals surface area contributed by atoms with Crippen LogP contribution in [0.25, 0.3) is 0 Å². The maximum atomic E-state index is 14.5. The van der Waals surface area contributed by atoms with Gasteiger partial charge in [-0.1, -0.05) is 36.4 Å². The van der Waals surface area contributed by atoms with E-state index < -0.39 is 59.5 Å². The summed E-state index contributed by atoms with van der Waals surface area (Å²) in [5.74, 6) is -9.91. The van der Waals surface area contributed by atoms with Gasteiger partial charge in [0.1, 0.15) is 0 Å². The molecule has 4 aromatic carbocycles. The zero-order valence-corrected chi connectivity index (χ0v) is 37.3. The van der Waals surface area contributed by atoms with Crippen LogP contribution in [0.15, 0.2) is 78.9 Å². The number of hydrogen-bond acceptors (Lipinski definition) is 16. The summed E-state index contributed by atoms with van der Waals surface area (Å²) in [4.78, 5) is 129. The molecule has 0 aromatic heterocycles. The Labute approximate surface area is 383 Å². The number of benzene rings is 4. The quantitative estimate of drug-likeness (QED) is 0.0676. The van der Waals surface area contributed by atoms with Crippen molar-refractivity contribution in [2.45, 2.75) is 60.9 Å². The SMILES string of the molecule is CC(=O)Oc1cccc(C(=O)NCCCN(CCCN(Cc2ccccc2C(=O)O)C(=O)c2cccc(OC(C)=O)c2OC(C)=O)C(=O)c2cccc(OC(C)=O)c2OC(C)=O)c1OC(C)=O. The maximum Gasteiger partial charge on any atom is 0.336 e. The van der Waals surface area contributed by atoms with E-state index in [1.165, 1.54) is 82.6 Å². The molecule has 4 aromatic rings. The molecular weight excluding hydrogens is 879 g/mol. The van der Waals surface area contributed by atoms with Gasteiger partial charge in [0.2, 0.25) is 0 Å². The highest BCUT2D eigenvalue weighted by Gasteiger charge is 2.28. The van der Waals surface area contributed by atoms with Gasteiger partial charge in [-0.15, -0.1) is 0 Å². The Balaban J connectivity index is 1.71. The van der Waals surface area contributed by atoms with Crippen LogP contribution in [0.3, 0.4) is 0 Å². The molecule has 0 bridgehead atoms. The average Bonchev–Trinajstić information content (AvgIpc) is 3.24. The van der Waals surface area contributed by atoms with E-state index in [0.717, 1.165) is 41.5 Å². The Bertz CT molecular complexity index is 2590. The van der Waals surface area contributed by atoms with Gasteiger partial charge in [0.15, 0.2) is 34.5 Å². The molecule has 0 saturated heterocycles. The van der Waals surface area contributed by atoms with Crippen LogP contribution >= 0.6 is 0 Å². The molecule has 0 unspecified atom stereocenters. The third-order valence-electron chi connectivity index (χ3n) is 9.07. The fraction of sp³-hybridized carbons (Fsp3) is 0.277. The lowest BCUT2D eigenvalue weighted by Gasteiger charge is -2.28. The molecule has 20 nitrogen and oxygen atoms in total. The van der Waals surface area contributed by atoms with Gasteiger partial charge in [0.05, 0.1) is 22.3 Å². The first kappa shape index (κ1) is 51.2. The van der Waals surface area contributed by atoms with Gasteiger partial charge in [-0.25, -0.2) is 4.79 Å².